The van der Waals surface area contributed by atoms with Crippen molar-refractivity contribution in [3.8, 4) is 0 Å². The highest BCUT2D eigenvalue weighted by molar-refractivity contribution is 4.80. The highest BCUT2D eigenvalue weighted by atomic mass is 16.5. The minimum absolute atomic E-state index is 0.776. The molecule has 2 heterocycles. The number of nitrogens with zero attached hydrogens (tertiary/aromatic N) is 1. The lowest BCUT2D eigenvalue weighted by atomic mass is 9.99. The van der Waals surface area contributed by atoms with Crippen molar-refractivity contribution in [1.82, 2.24) is 10.2 Å². The van der Waals surface area contributed by atoms with Crippen LogP contribution in [0.3, 0.4) is 0 Å². The summed E-state index contributed by atoms with van der Waals surface area (Å²) in [6.45, 7) is 5.58. The van der Waals surface area contributed by atoms with Gasteiger partial charge in [-0.25, -0.2) is 0 Å². The first kappa shape index (κ1) is 10.4. The number of hydrogen-bond donors (Lipinski definition) is 1. The summed E-state index contributed by atoms with van der Waals surface area (Å²) in [4.78, 5) is 2.54. The van der Waals surface area contributed by atoms with Gasteiger partial charge in [0, 0.05) is 32.3 Å². The number of hydrogen-bond acceptors (Lipinski definition) is 3. The maximum absolute atomic E-state index is 5.38. The molecule has 3 nitrogen and oxygen atoms in total. The first-order valence-electron chi connectivity index (χ1n) is 5.85. The molecule has 1 N–H and O–H groups in total. The van der Waals surface area contributed by atoms with Gasteiger partial charge >= 0.3 is 0 Å². The molecule has 0 aromatic heterocycles. The number of likely N-dealkylation sites (N-methyl/N-ethyl adjacent to an activating group) is 1. The maximum atomic E-state index is 5.38. The fourth-order valence-corrected chi connectivity index (χ4v) is 2.50. The van der Waals surface area contributed by atoms with Crippen molar-refractivity contribution >= 4 is 0 Å². The fraction of sp³-hybridized carbons (Fsp3) is 1.00. The van der Waals surface area contributed by atoms with E-state index >= 15 is 0 Å². The zero-order chi connectivity index (χ0) is 9.80. The molecule has 0 bridgehead atoms. The standard InChI is InChI=1S/C11H22N2O/c1-13(11-2-5-12-8-11)9-10-3-6-14-7-4-10/h10-12H,2-9H2,1H3/t11-/m1/s1. The fourth-order valence-electron chi connectivity index (χ4n) is 2.50. The third-order valence-corrected chi connectivity index (χ3v) is 3.54. The summed E-state index contributed by atoms with van der Waals surface area (Å²) in [5.41, 5.74) is 0. The molecule has 2 aliphatic heterocycles. The van der Waals surface area contributed by atoms with Crippen LogP contribution >= 0.6 is 0 Å². The van der Waals surface area contributed by atoms with Gasteiger partial charge in [0.15, 0.2) is 0 Å². The van der Waals surface area contributed by atoms with Crippen molar-refractivity contribution < 1.29 is 4.74 Å². The molecule has 0 spiro atoms. The van der Waals surface area contributed by atoms with Gasteiger partial charge in [0.25, 0.3) is 0 Å². The van der Waals surface area contributed by atoms with Crippen molar-refractivity contribution in [2.24, 2.45) is 5.92 Å². The minimum atomic E-state index is 0.776. The van der Waals surface area contributed by atoms with E-state index in [2.05, 4.69) is 17.3 Å². The van der Waals surface area contributed by atoms with Crippen molar-refractivity contribution in [2.45, 2.75) is 25.3 Å². The Kier molecular flexibility index (Phi) is 3.79. The Morgan fingerprint density at radius 2 is 2.07 bits per heavy atom. The molecule has 0 unspecified atom stereocenters. The van der Waals surface area contributed by atoms with Crippen LogP contribution < -0.4 is 5.32 Å². The molecular formula is C11H22N2O. The average molecular weight is 198 g/mol. The monoisotopic (exact) mass is 198 g/mol. The average Bonchev–Trinajstić information content (AvgIpc) is 2.72. The van der Waals surface area contributed by atoms with Crippen LogP contribution in [0.25, 0.3) is 0 Å². The van der Waals surface area contributed by atoms with Gasteiger partial charge in [-0.15, -0.1) is 0 Å². The maximum Gasteiger partial charge on any atom is 0.0469 e. The Hall–Kier alpha value is -0.120. The van der Waals surface area contributed by atoms with Gasteiger partial charge in [-0.2, -0.15) is 0 Å². The summed E-state index contributed by atoms with van der Waals surface area (Å²) in [6.07, 6.45) is 3.83. The van der Waals surface area contributed by atoms with E-state index < -0.39 is 0 Å². The molecule has 2 rings (SSSR count). The normalized spacial score (nSPS) is 30.0. The van der Waals surface area contributed by atoms with Gasteiger partial charge in [0.1, 0.15) is 0 Å². The van der Waals surface area contributed by atoms with Crippen LogP contribution in [0.2, 0.25) is 0 Å². The second kappa shape index (κ2) is 5.10. The molecule has 82 valence electrons. The summed E-state index contributed by atoms with van der Waals surface area (Å²) in [5, 5.41) is 3.42. The smallest absolute Gasteiger partial charge is 0.0469 e. The van der Waals surface area contributed by atoms with Crippen molar-refractivity contribution in [3.63, 3.8) is 0 Å². The van der Waals surface area contributed by atoms with Crippen LogP contribution in [0.15, 0.2) is 0 Å². The third-order valence-electron chi connectivity index (χ3n) is 3.54. The van der Waals surface area contributed by atoms with Crippen LogP contribution in [-0.4, -0.2) is 50.8 Å². The zero-order valence-electron chi connectivity index (χ0n) is 9.17. The lowest BCUT2D eigenvalue weighted by Gasteiger charge is -2.30. The van der Waals surface area contributed by atoms with Gasteiger partial charge in [-0.05, 0) is 38.8 Å². The summed E-state index contributed by atoms with van der Waals surface area (Å²) in [7, 11) is 2.27. The largest absolute Gasteiger partial charge is 0.381 e. The second-order valence-electron chi connectivity index (χ2n) is 4.64. The van der Waals surface area contributed by atoms with E-state index in [1.54, 1.807) is 0 Å². The quantitative estimate of drug-likeness (QED) is 0.723. The molecule has 0 amide bonds. The minimum Gasteiger partial charge on any atom is -0.381 e. The molecule has 0 saturated carbocycles. The highest BCUT2D eigenvalue weighted by Gasteiger charge is 2.22. The Morgan fingerprint density at radius 3 is 2.71 bits per heavy atom. The summed E-state index contributed by atoms with van der Waals surface area (Å²) < 4.78 is 5.38. The molecule has 2 saturated heterocycles. The molecular weight excluding hydrogens is 176 g/mol. The molecule has 0 radical (unpaired) electrons. The highest BCUT2D eigenvalue weighted by Crippen LogP contribution is 2.17. The number of ether oxygens (including phenoxy) is 1. The molecule has 0 aromatic carbocycles. The Balaban J connectivity index is 1.72. The van der Waals surface area contributed by atoms with E-state index in [0.717, 1.165) is 25.2 Å². The van der Waals surface area contributed by atoms with E-state index in [4.69, 9.17) is 4.74 Å². The Morgan fingerprint density at radius 1 is 1.29 bits per heavy atom. The number of rotatable bonds is 3. The molecule has 2 fully saturated rings. The van der Waals surface area contributed by atoms with E-state index in [1.165, 1.54) is 38.9 Å². The van der Waals surface area contributed by atoms with Gasteiger partial charge in [0.2, 0.25) is 0 Å². The Labute approximate surface area is 86.8 Å². The van der Waals surface area contributed by atoms with E-state index in [-0.39, 0.29) is 0 Å². The summed E-state index contributed by atoms with van der Waals surface area (Å²) in [5.74, 6) is 0.870. The van der Waals surface area contributed by atoms with Crippen LogP contribution in [0, 0.1) is 5.92 Å². The van der Waals surface area contributed by atoms with Gasteiger partial charge in [0.05, 0.1) is 0 Å². The van der Waals surface area contributed by atoms with Crippen LogP contribution in [-0.2, 0) is 4.74 Å². The van der Waals surface area contributed by atoms with Crippen LogP contribution in [0.4, 0.5) is 0 Å². The molecule has 3 heteroatoms. The molecule has 14 heavy (non-hydrogen) atoms. The Bertz CT molecular complexity index is 163. The van der Waals surface area contributed by atoms with E-state index in [0.29, 0.717) is 0 Å². The SMILES string of the molecule is CN(CC1CCOCC1)[C@@H]1CCNC1. The zero-order valence-corrected chi connectivity index (χ0v) is 9.17. The first-order chi connectivity index (χ1) is 6.86. The first-order valence-corrected chi connectivity index (χ1v) is 5.85. The van der Waals surface area contributed by atoms with Crippen LogP contribution in [0.5, 0.6) is 0 Å². The van der Waals surface area contributed by atoms with Gasteiger partial charge in [-0.1, -0.05) is 0 Å². The van der Waals surface area contributed by atoms with Crippen molar-refractivity contribution in [2.75, 3.05) is 39.9 Å². The summed E-state index contributed by atoms with van der Waals surface area (Å²) in [6, 6.07) is 0.776. The van der Waals surface area contributed by atoms with E-state index in [9.17, 15) is 0 Å². The predicted molar refractivity (Wildman–Crippen MR) is 57.4 cm³/mol. The van der Waals surface area contributed by atoms with Crippen LogP contribution in [0.1, 0.15) is 19.3 Å². The topological polar surface area (TPSA) is 24.5 Å². The lowest BCUT2D eigenvalue weighted by molar-refractivity contribution is 0.0514. The third kappa shape index (κ3) is 2.69. The van der Waals surface area contributed by atoms with Gasteiger partial charge in [-0.3, -0.25) is 0 Å². The van der Waals surface area contributed by atoms with Crippen molar-refractivity contribution in [3.05, 3.63) is 0 Å². The summed E-state index contributed by atoms with van der Waals surface area (Å²) >= 11 is 0. The molecule has 0 aromatic rings. The predicted octanol–water partition coefficient (Wildman–Crippen LogP) is 0.707. The molecule has 1 atom stereocenters. The van der Waals surface area contributed by atoms with Crippen molar-refractivity contribution in [1.29, 1.82) is 0 Å². The second-order valence-corrected chi connectivity index (χ2v) is 4.64. The molecule has 2 aliphatic rings. The van der Waals surface area contributed by atoms with Gasteiger partial charge < -0.3 is 15.0 Å². The van der Waals surface area contributed by atoms with E-state index in [1.807, 2.05) is 0 Å². The molecule has 0 aliphatic carbocycles. The lowest BCUT2D eigenvalue weighted by Crippen LogP contribution is -2.38. The number of nitrogens with one attached hydrogen (secondary N) is 1.